The van der Waals surface area contributed by atoms with Gasteiger partial charge >= 0.3 is 5.97 Å². The Morgan fingerprint density at radius 3 is 2.71 bits per heavy atom. The van der Waals surface area contributed by atoms with Crippen molar-refractivity contribution in [1.82, 2.24) is 0 Å². The summed E-state index contributed by atoms with van der Waals surface area (Å²) in [5.41, 5.74) is 1.11. The fraction of sp³-hybridized carbons (Fsp3) is 0.158. The maximum Gasteiger partial charge on any atom is 0.341 e. The smallest absolute Gasteiger partial charge is 0.341 e. The van der Waals surface area contributed by atoms with E-state index in [1.165, 1.54) is 34.8 Å². The minimum atomic E-state index is -0.586. The van der Waals surface area contributed by atoms with Gasteiger partial charge in [0, 0.05) is 28.0 Å². The van der Waals surface area contributed by atoms with Crippen LogP contribution in [0.2, 0.25) is 0 Å². The third kappa shape index (κ3) is 4.44. The lowest BCUT2D eigenvalue weighted by atomic mass is 10.0. The van der Waals surface area contributed by atoms with Gasteiger partial charge in [-0.3, -0.25) is 14.9 Å². The van der Waals surface area contributed by atoms with Crippen molar-refractivity contribution in [3.8, 4) is 11.1 Å². The Morgan fingerprint density at radius 1 is 1.21 bits per heavy atom. The van der Waals surface area contributed by atoms with Crippen molar-refractivity contribution in [2.45, 2.75) is 13.3 Å². The van der Waals surface area contributed by atoms with Gasteiger partial charge in [0.05, 0.1) is 18.0 Å². The molecule has 1 N–H and O–H groups in total. The van der Waals surface area contributed by atoms with Crippen molar-refractivity contribution in [3.63, 3.8) is 0 Å². The number of carbonyl (C=O) groups is 2. The lowest BCUT2D eigenvalue weighted by Crippen LogP contribution is -2.16. The zero-order valence-corrected chi connectivity index (χ0v) is 16.5. The lowest BCUT2D eigenvalue weighted by Gasteiger charge is -2.08. The molecule has 0 aliphatic carbocycles. The first-order chi connectivity index (χ1) is 13.5. The Hall–Kier alpha value is -3.04. The van der Waals surface area contributed by atoms with Crippen molar-refractivity contribution in [2.24, 2.45) is 0 Å². The molecule has 28 heavy (non-hydrogen) atoms. The van der Waals surface area contributed by atoms with Crippen molar-refractivity contribution >= 4 is 45.2 Å². The third-order valence-electron chi connectivity index (χ3n) is 3.81. The van der Waals surface area contributed by atoms with E-state index >= 15 is 0 Å². The second-order valence-electron chi connectivity index (χ2n) is 5.69. The summed E-state index contributed by atoms with van der Waals surface area (Å²) in [7, 11) is 0. The van der Waals surface area contributed by atoms with Crippen LogP contribution in [0.15, 0.2) is 47.2 Å². The van der Waals surface area contributed by atoms with E-state index in [9.17, 15) is 19.7 Å². The highest BCUT2D eigenvalue weighted by molar-refractivity contribution is 7.15. The van der Waals surface area contributed by atoms with Gasteiger partial charge in [0.1, 0.15) is 10.6 Å². The molecule has 0 atom stereocenters. The van der Waals surface area contributed by atoms with Gasteiger partial charge in [-0.1, -0.05) is 18.2 Å². The number of nitro groups is 1. The Labute approximate surface area is 168 Å². The fourth-order valence-corrected chi connectivity index (χ4v) is 4.27. The maximum absolute atomic E-state index is 12.5. The van der Waals surface area contributed by atoms with E-state index in [0.717, 1.165) is 4.88 Å². The predicted octanol–water partition coefficient (Wildman–Crippen LogP) is 4.74. The highest BCUT2D eigenvalue weighted by Crippen LogP contribution is 2.37. The first-order valence-corrected chi connectivity index (χ1v) is 10.1. The molecular weight excluding hydrogens is 400 g/mol. The molecular formula is C19H16N2O5S2. The molecule has 3 rings (SSSR count). The highest BCUT2D eigenvalue weighted by Gasteiger charge is 2.23. The Morgan fingerprint density at radius 2 is 2.04 bits per heavy atom. The largest absolute Gasteiger partial charge is 0.462 e. The third-order valence-corrected chi connectivity index (χ3v) is 5.58. The molecule has 0 spiro atoms. The molecule has 9 heteroatoms. The molecule has 1 amide bonds. The van der Waals surface area contributed by atoms with Crippen LogP contribution in [-0.2, 0) is 16.0 Å². The molecule has 3 aromatic rings. The molecule has 2 aromatic heterocycles. The summed E-state index contributed by atoms with van der Waals surface area (Å²) in [4.78, 5) is 36.4. The molecule has 0 saturated heterocycles. The number of carbonyl (C=O) groups excluding carboxylic acids is 2. The highest BCUT2D eigenvalue weighted by atomic mass is 32.1. The van der Waals surface area contributed by atoms with E-state index in [1.54, 1.807) is 24.4 Å². The molecule has 144 valence electrons. The van der Waals surface area contributed by atoms with Gasteiger partial charge in [-0.05, 0) is 23.9 Å². The summed E-state index contributed by atoms with van der Waals surface area (Å²) in [5, 5.41) is 17.8. The molecule has 0 saturated carbocycles. The summed E-state index contributed by atoms with van der Waals surface area (Å²) in [6.07, 6.45) is 0.198. The van der Waals surface area contributed by atoms with Gasteiger partial charge < -0.3 is 10.1 Å². The van der Waals surface area contributed by atoms with E-state index in [1.807, 2.05) is 17.5 Å². The van der Waals surface area contributed by atoms with Gasteiger partial charge in [-0.15, -0.1) is 22.7 Å². The first kappa shape index (κ1) is 19.7. The summed E-state index contributed by atoms with van der Waals surface area (Å²) in [6.45, 7) is 1.86. The Bertz CT molecular complexity index is 1010. The van der Waals surface area contributed by atoms with Crippen LogP contribution < -0.4 is 5.32 Å². The SMILES string of the molecule is CCOC(=O)c1c(-c2cccc([N+](=O)[O-])c2)csc1NC(=O)Cc1cccs1. The molecule has 0 bridgehead atoms. The number of hydrogen-bond acceptors (Lipinski definition) is 7. The number of rotatable bonds is 7. The van der Waals surface area contributed by atoms with E-state index in [-0.39, 0.29) is 30.2 Å². The summed E-state index contributed by atoms with van der Waals surface area (Å²) >= 11 is 2.66. The molecule has 0 radical (unpaired) electrons. The zero-order valence-electron chi connectivity index (χ0n) is 14.8. The number of anilines is 1. The van der Waals surface area contributed by atoms with Gasteiger partial charge in [-0.25, -0.2) is 4.79 Å². The Balaban J connectivity index is 1.95. The average molecular weight is 416 g/mol. The number of nitro benzene ring substituents is 1. The van der Waals surface area contributed by atoms with Gasteiger partial charge in [0.25, 0.3) is 5.69 Å². The van der Waals surface area contributed by atoms with Crippen molar-refractivity contribution in [1.29, 1.82) is 0 Å². The van der Waals surface area contributed by atoms with E-state index in [4.69, 9.17) is 4.74 Å². The van der Waals surface area contributed by atoms with Crippen LogP contribution in [0.4, 0.5) is 10.7 Å². The number of ether oxygens (including phenoxy) is 1. The number of esters is 1. The first-order valence-electron chi connectivity index (χ1n) is 8.35. The molecule has 1 aromatic carbocycles. The van der Waals surface area contributed by atoms with E-state index < -0.39 is 10.9 Å². The van der Waals surface area contributed by atoms with Crippen molar-refractivity contribution in [2.75, 3.05) is 11.9 Å². The number of thiophene rings is 2. The number of hydrogen-bond donors (Lipinski definition) is 1. The molecule has 0 aliphatic heterocycles. The zero-order chi connectivity index (χ0) is 20.1. The minimum absolute atomic E-state index is 0.0817. The molecule has 0 aliphatic rings. The van der Waals surface area contributed by atoms with Gasteiger partial charge in [-0.2, -0.15) is 0 Å². The number of nitrogens with one attached hydrogen (secondary N) is 1. The quantitative estimate of drug-likeness (QED) is 0.341. The van der Waals surface area contributed by atoms with Crippen LogP contribution in [0.1, 0.15) is 22.2 Å². The second kappa shape index (κ2) is 8.77. The van der Waals surface area contributed by atoms with Gasteiger partial charge in [0.2, 0.25) is 5.91 Å². The van der Waals surface area contributed by atoms with E-state index in [0.29, 0.717) is 16.1 Å². The monoisotopic (exact) mass is 416 g/mol. The number of amides is 1. The van der Waals surface area contributed by atoms with Crippen LogP contribution in [0.5, 0.6) is 0 Å². The van der Waals surface area contributed by atoms with Crippen LogP contribution in [-0.4, -0.2) is 23.4 Å². The topological polar surface area (TPSA) is 98.5 Å². The number of non-ortho nitro benzene ring substituents is 1. The van der Waals surface area contributed by atoms with Crippen LogP contribution in [0.3, 0.4) is 0 Å². The standard InChI is InChI=1S/C19H16N2O5S2/c1-2-26-19(23)17-15(12-5-3-6-13(9-12)21(24)25)11-28-18(17)20-16(22)10-14-7-4-8-27-14/h3-9,11H,2,10H2,1H3,(H,20,22). The predicted molar refractivity (Wildman–Crippen MR) is 109 cm³/mol. The normalized spacial score (nSPS) is 10.5. The molecule has 0 unspecified atom stereocenters. The van der Waals surface area contributed by atoms with Gasteiger partial charge in [0.15, 0.2) is 0 Å². The van der Waals surface area contributed by atoms with E-state index in [2.05, 4.69) is 5.32 Å². The molecule has 0 fully saturated rings. The Kier molecular flexibility index (Phi) is 6.17. The van der Waals surface area contributed by atoms with Crippen LogP contribution >= 0.6 is 22.7 Å². The second-order valence-corrected chi connectivity index (χ2v) is 7.60. The number of benzene rings is 1. The number of nitrogens with zero attached hydrogens (tertiary/aromatic N) is 1. The van der Waals surface area contributed by atoms with Crippen molar-refractivity contribution in [3.05, 3.63) is 67.7 Å². The molecule has 2 heterocycles. The fourth-order valence-electron chi connectivity index (χ4n) is 2.60. The summed E-state index contributed by atoms with van der Waals surface area (Å²) in [6, 6.07) is 9.72. The summed E-state index contributed by atoms with van der Waals surface area (Å²) < 4.78 is 5.14. The lowest BCUT2D eigenvalue weighted by molar-refractivity contribution is -0.384. The van der Waals surface area contributed by atoms with Crippen LogP contribution in [0.25, 0.3) is 11.1 Å². The maximum atomic E-state index is 12.5. The average Bonchev–Trinajstić information content (AvgIpc) is 3.32. The summed E-state index contributed by atoms with van der Waals surface area (Å²) in [5.74, 6) is -0.836. The molecule has 7 nitrogen and oxygen atoms in total. The minimum Gasteiger partial charge on any atom is -0.462 e. The van der Waals surface area contributed by atoms with Crippen molar-refractivity contribution < 1.29 is 19.2 Å². The van der Waals surface area contributed by atoms with Crippen LogP contribution in [0, 0.1) is 10.1 Å².